The van der Waals surface area contributed by atoms with Crippen molar-refractivity contribution in [2.45, 2.75) is 18.9 Å². The van der Waals surface area contributed by atoms with E-state index in [-0.39, 0.29) is 30.8 Å². The normalized spacial score (nSPS) is 11.1. The summed E-state index contributed by atoms with van der Waals surface area (Å²) in [6.07, 6.45) is 2.60. The van der Waals surface area contributed by atoms with Gasteiger partial charge in [-0.15, -0.1) is 19.0 Å². The van der Waals surface area contributed by atoms with Crippen molar-refractivity contribution in [1.29, 1.82) is 0 Å². The zero-order valence-electron chi connectivity index (χ0n) is 6.58. The molecule has 0 saturated carbocycles. The summed E-state index contributed by atoms with van der Waals surface area (Å²) in [5.41, 5.74) is 5.49. The van der Waals surface area contributed by atoms with Gasteiger partial charge in [0.1, 0.15) is 0 Å². The molecule has 0 aliphatic carbocycles. The Labute approximate surface area is 73.0 Å². The number of rotatable bonds is 4. The molecular weight excluding hydrogens is 166 g/mol. The average Bonchev–Trinajstić information content (AvgIpc) is 1.88. The Balaban J connectivity index is 0. The first-order valence-electron chi connectivity index (χ1n) is 3.14. The molecule has 11 heavy (non-hydrogen) atoms. The zero-order valence-corrected chi connectivity index (χ0v) is 7.39. The second-order valence-corrected chi connectivity index (χ2v) is 2.06. The lowest BCUT2D eigenvalue weighted by Crippen LogP contribution is -2.23. The van der Waals surface area contributed by atoms with Gasteiger partial charge in [0, 0.05) is 6.04 Å². The third-order valence-corrected chi connectivity index (χ3v) is 1.13. The summed E-state index contributed by atoms with van der Waals surface area (Å²) in [4.78, 5) is 10.6. The molecule has 0 fully saturated rings. The van der Waals surface area contributed by atoms with Crippen LogP contribution in [0.5, 0.6) is 0 Å². The summed E-state index contributed by atoms with van der Waals surface area (Å²) in [5, 5.41) is 0. The van der Waals surface area contributed by atoms with E-state index in [2.05, 4.69) is 11.3 Å². The molecule has 2 N–H and O–H groups in total. The van der Waals surface area contributed by atoms with Crippen LogP contribution in [0.4, 0.5) is 0 Å². The number of hydrogen-bond donors (Lipinski definition) is 1. The van der Waals surface area contributed by atoms with Gasteiger partial charge in [0.05, 0.1) is 13.5 Å². The Morgan fingerprint density at radius 1 is 1.82 bits per heavy atom. The summed E-state index contributed by atoms with van der Waals surface area (Å²) < 4.78 is 4.41. The lowest BCUT2D eigenvalue weighted by Gasteiger charge is -2.05. The summed E-state index contributed by atoms with van der Waals surface area (Å²) >= 11 is 0. The minimum absolute atomic E-state index is 0. The topological polar surface area (TPSA) is 52.3 Å². The van der Waals surface area contributed by atoms with Gasteiger partial charge in [-0.2, -0.15) is 0 Å². The molecule has 1 atom stereocenters. The van der Waals surface area contributed by atoms with Gasteiger partial charge in [-0.3, -0.25) is 4.79 Å². The molecule has 0 aromatic rings. The molecule has 3 nitrogen and oxygen atoms in total. The van der Waals surface area contributed by atoms with Crippen molar-refractivity contribution in [3.63, 3.8) is 0 Å². The molecule has 0 rings (SSSR count). The smallest absolute Gasteiger partial charge is 0.307 e. The second-order valence-electron chi connectivity index (χ2n) is 2.06. The summed E-state index contributed by atoms with van der Waals surface area (Å²) in [5.74, 6) is -0.269. The van der Waals surface area contributed by atoms with Crippen LogP contribution in [0.3, 0.4) is 0 Å². The molecule has 0 aromatic heterocycles. The van der Waals surface area contributed by atoms with Gasteiger partial charge in [0.2, 0.25) is 0 Å². The zero-order chi connectivity index (χ0) is 7.98. The highest BCUT2D eigenvalue weighted by molar-refractivity contribution is 5.85. The van der Waals surface area contributed by atoms with Crippen LogP contribution in [0, 0.1) is 0 Å². The van der Waals surface area contributed by atoms with Crippen LogP contribution in [0.25, 0.3) is 0 Å². The molecule has 0 amide bonds. The molecule has 0 aliphatic rings. The molecule has 4 heteroatoms. The van der Waals surface area contributed by atoms with E-state index in [0.717, 1.165) is 0 Å². The van der Waals surface area contributed by atoms with Gasteiger partial charge in [-0.1, -0.05) is 6.08 Å². The maximum Gasteiger partial charge on any atom is 0.307 e. The monoisotopic (exact) mass is 179 g/mol. The maximum absolute atomic E-state index is 10.6. The standard InChI is InChI=1S/C7H13NO2.ClH/c1-3-4-6(8)5-7(9)10-2;/h3,6H,1,4-5,8H2,2H3;1H. The van der Waals surface area contributed by atoms with E-state index < -0.39 is 0 Å². The molecule has 0 aromatic carbocycles. The van der Waals surface area contributed by atoms with Crippen LogP contribution in [-0.2, 0) is 9.53 Å². The number of halogens is 1. The summed E-state index contributed by atoms with van der Waals surface area (Å²) in [7, 11) is 1.35. The number of nitrogens with two attached hydrogens (primary N) is 1. The molecule has 0 bridgehead atoms. The quantitative estimate of drug-likeness (QED) is 0.515. The number of ether oxygens (including phenoxy) is 1. The number of carbonyl (C=O) groups excluding carboxylic acids is 1. The first-order valence-corrected chi connectivity index (χ1v) is 3.14. The minimum Gasteiger partial charge on any atom is -0.469 e. The fraction of sp³-hybridized carbons (Fsp3) is 0.571. The predicted octanol–water partition coefficient (Wildman–Crippen LogP) is 0.875. The number of carbonyl (C=O) groups is 1. The van der Waals surface area contributed by atoms with Crippen LogP contribution in [0.15, 0.2) is 12.7 Å². The molecule has 0 spiro atoms. The highest BCUT2D eigenvalue weighted by Gasteiger charge is 2.06. The highest BCUT2D eigenvalue weighted by atomic mass is 35.5. The first-order chi connectivity index (χ1) is 4.70. The highest BCUT2D eigenvalue weighted by Crippen LogP contribution is 1.95. The van der Waals surface area contributed by atoms with Crippen LogP contribution in [0.2, 0.25) is 0 Å². The Morgan fingerprint density at radius 3 is 2.73 bits per heavy atom. The summed E-state index contributed by atoms with van der Waals surface area (Å²) in [6.45, 7) is 3.50. The van der Waals surface area contributed by atoms with Crippen molar-refractivity contribution >= 4 is 18.4 Å². The molecule has 1 unspecified atom stereocenters. The van der Waals surface area contributed by atoms with Crippen molar-refractivity contribution in [2.24, 2.45) is 5.73 Å². The van der Waals surface area contributed by atoms with E-state index in [1.54, 1.807) is 6.08 Å². The van der Waals surface area contributed by atoms with Crippen molar-refractivity contribution < 1.29 is 9.53 Å². The van der Waals surface area contributed by atoms with Crippen molar-refractivity contribution in [1.82, 2.24) is 0 Å². The second kappa shape index (κ2) is 7.57. The predicted molar refractivity (Wildman–Crippen MR) is 46.7 cm³/mol. The van der Waals surface area contributed by atoms with E-state index in [4.69, 9.17) is 5.73 Å². The van der Waals surface area contributed by atoms with Gasteiger partial charge in [0.25, 0.3) is 0 Å². The van der Waals surface area contributed by atoms with E-state index in [9.17, 15) is 4.79 Å². The minimum atomic E-state index is -0.269. The van der Waals surface area contributed by atoms with Gasteiger partial charge >= 0.3 is 5.97 Å². The third-order valence-electron chi connectivity index (χ3n) is 1.13. The molecule has 0 radical (unpaired) electrons. The fourth-order valence-corrected chi connectivity index (χ4v) is 0.595. The third kappa shape index (κ3) is 7.36. The van der Waals surface area contributed by atoms with Gasteiger partial charge in [0.15, 0.2) is 0 Å². The Bertz CT molecular complexity index is 128. The largest absolute Gasteiger partial charge is 0.469 e. The van der Waals surface area contributed by atoms with Gasteiger partial charge in [-0.25, -0.2) is 0 Å². The molecule has 0 saturated heterocycles. The van der Waals surface area contributed by atoms with Crippen LogP contribution >= 0.6 is 12.4 Å². The number of hydrogen-bond acceptors (Lipinski definition) is 3. The lowest BCUT2D eigenvalue weighted by atomic mass is 10.1. The molecule has 66 valence electrons. The first kappa shape index (κ1) is 13.1. The van der Waals surface area contributed by atoms with Gasteiger partial charge < -0.3 is 10.5 Å². The number of esters is 1. The number of methoxy groups -OCH3 is 1. The Kier molecular flexibility index (Phi) is 9.00. The van der Waals surface area contributed by atoms with Crippen molar-refractivity contribution in [3.05, 3.63) is 12.7 Å². The van der Waals surface area contributed by atoms with E-state index in [1.807, 2.05) is 0 Å². The maximum atomic E-state index is 10.6. The van der Waals surface area contributed by atoms with Crippen LogP contribution in [0.1, 0.15) is 12.8 Å². The van der Waals surface area contributed by atoms with Crippen LogP contribution in [-0.4, -0.2) is 19.1 Å². The van der Waals surface area contributed by atoms with E-state index in [1.165, 1.54) is 7.11 Å². The van der Waals surface area contributed by atoms with E-state index in [0.29, 0.717) is 6.42 Å². The molecular formula is C7H14ClNO2. The van der Waals surface area contributed by atoms with Crippen LogP contribution < -0.4 is 5.73 Å². The molecule has 0 heterocycles. The average molecular weight is 180 g/mol. The van der Waals surface area contributed by atoms with E-state index >= 15 is 0 Å². The molecule has 0 aliphatic heterocycles. The Morgan fingerprint density at radius 2 is 2.36 bits per heavy atom. The summed E-state index contributed by atoms with van der Waals surface area (Å²) in [6, 6.07) is -0.148. The van der Waals surface area contributed by atoms with Gasteiger partial charge in [-0.05, 0) is 6.42 Å². The fourth-order valence-electron chi connectivity index (χ4n) is 0.595. The van der Waals surface area contributed by atoms with Crippen molar-refractivity contribution in [3.8, 4) is 0 Å². The lowest BCUT2D eigenvalue weighted by molar-refractivity contribution is -0.140. The SMILES string of the molecule is C=CCC(N)CC(=O)OC.Cl. The Hall–Kier alpha value is -0.540. The van der Waals surface area contributed by atoms with Crippen molar-refractivity contribution in [2.75, 3.05) is 7.11 Å².